The zero-order valence-corrected chi connectivity index (χ0v) is 22.3. The number of carbonyl (C=O) groups is 3. The second-order valence-corrected chi connectivity index (χ2v) is 9.72. The van der Waals surface area contributed by atoms with Crippen molar-refractivity contribution < 1.29 is 28.2 Å². The predicted molar refractivity (Wildman–Crippen MR) is 145 cm³/mol. The first-order valence-corrected chi connectivity index (χ1v) is 13.0. The van der Waals surface area contributed by atoms with E-state index < -0.39 is 17.9 Å². The lowest BCUT2D eigenvalue weighted by atomic mass is 10.1. The Kier molecular flexibility index (Phi) is 8.77. The van der Waals surface area contributed by atoms with Crippen molar-refractivity contribution in [3.05, 3.63) is 59.4 Å². The molecule has 0 radical (unpaired) electrons. The maximum atomic E-state index is 15.1. The van der Waals surface area contributed by atoms with Gasteiger partial charge in [-0.15, -0.1) is 0 Å². The number of anilines is 2. The third-order valence-corrected chi connectivity index (χ3v) is 6.95. The number of esters is 1. The number of cyclic esters (lactones) is 1. The SMILES string of the molecule is CCC(=S)NC[C@H]1CN(c2ccc(N3CCN(C(=O)COC(=O)c4cccc(C)c4)CC3)c(F)c2)C(=O)O1. The number of carbonyl (C=O) groups excluding carboxylic acids is 3. The molecule has 2 aliphatic rings. The largest absolute Gasteiger partial charge is 0.452 e. The second kappa shape index (κ2) is 12.2. The molecule has 0 aliphatic carbocycles. The van der Waals surface area contributed by atoms with E-state index in [2.05, 4.69) is 5.32 Å². The topological polar surface area (TPSA) is 91.4 Å². The van der Waals surface area contributed by atoms with Gasteiger partial charge in [-0.2, -0.15) is 0 Å². The molecule has 1 atom stereocenters. The Morgan fingerprint density at radius 1 is 1.16 bits per heavy atom. The van der Waals surface area contributed by atoms with Crippen LogP contribution in [0, 0.1) is 12.7 Å². The number of rotatable bonds is 8. The number of benzene rings is 2. The number of hydrogen-bond donors (Lipinski definition) is 1. The van der Waals surface area contributed by atoms with E-state index in [4.69, 9.17) is 21.7 Å². The average molecular weight is 543 g/mol. The molecular formula is C27H31FN4O5S. The van der Waals surface area contributed by atoms with Gasteiger partial charge in [-0.25, -0.2) is 14.0 Å². The highest BCUT2D eigenvalue weighted by molar-refractivity contribution is 7.80. The van der Waals surface area contributed by atoms with Crippen molar-refractivity contribution in [1.29, 1.82) is 0 Å². The Balaban J connectivity index is 1.28. The van der Waals surface area contributed by atoms with E-state index in [0.29, 0.717) is 67.6 Å². The standard InChI is InChI=1S/C27H31FN4O5S/c1-3-24(38)29-15-21-16-32(27(35)37-21)20-7-8-23(22(28)14-20)30-9-11-31(12-10-30)25(33)17-36-26(34)19-6-4-5-18(2)13-19/h4-8,13-14,21H,3,9-12,15-17H2,1-2H3,(H,29,38)/t21-/m0/s1. The number of ether oxygens (including phenoxy) is 2. The van der Waals surface area contributed by atoms with Crippen LogP contribution in [0.4, 0.5) is 20.6 Å². The van der Waals surface area contributed by atoms with Crippen LogP contribution >= 0.6 is 12.2 Å². The summed E-state index contributed by atoms with van der Waals surface area (Å²) in [6.45, 7) is 5.75. The van der Waals surface area contributed by atoms with Gasteiger partial charge in [0.05, 0.1) is 35.0 Å². The van der Waals surface area contributed by atoms with E-state index in [1.54, 1.807) is 35.2 Å². The Labute approximate surface area is 226 Å². The summed E-state index contributed by atoms with van der Waals surface area (Å²) in [5.74, 6) is -1.30. The molecule has 1 N–H and O–H groups in total. The van der Waals surface area contributed by atoms with E-state index >= 15 is 4.39 Å². The zero-order valence-electron chi connectivity index (χ0n) is 21.4. The number of nitrogens with one attached hydrogen (secondary N) is 1. The Hall–Kier alpha value is -3.73. The van der Waals surface area contributed by atoms with Gasteiger partial charge in [-0.05, 0) is 43.7 Å². The van der Waals surface area contributed by atoms with Gasteiger partial charge in [0, 0.05) is 26.2 Å². The fraction of sp³-hybridized carbons (Fsp3) is 0.407. The summed E-state index contributed by atoms with van der Waals surface area (Å²) >= 11 is 5.14. The molecule has 11 heteroatoms. The van der Waals surface area contributed by atoms with Crippen molar-refractivity contribution in [3.8, 4) is 0 Å². The van der Waals surface area contributed by atoms with Crippen LogP contribution in [-0.4, -0.2) is 79.8 Å². The summed E-state index contributed by atoms with van der Waals surface area (Å²) < 4.78 is 25.6. The van der Waals surface area contributed by atoms with Gasteiger partial charge >= 0.3 is 12.1 Å². The molecule has 0 aromatic heterocycles. The first-order valence-electron chi connectivity index (χ1n) is 12.6. The van der Waals surface area contributed by atoms with Crippen molar-refractivity contribution in [2.45, 2.75) is 26.4 Å². The normalized spacial score (nSPS) is 17.3. The molecule has 2 fully saturated rings. The van der Waals surface area contributed by atoms with Crippen molar-refractivity contribution in [3.63, 3.8) is 0 Å². The highest BCUT2D eigenvalue weighted by Gasteiger charge is 2.33. The number of aryl methyl sites for hydroxylation is 1. The van der Waals surface area contributed by atoms with Crippen LogP contribution in [0.25, 0.3) is 0 Å². The summed E-state index contributed by atoms with van der Waals surface area (Å²) in [7, 11) is 0. The first-order chi connectivity index (χ1) is 18.2. The highest BCUT2D eigenvalue weighted by Crippen LogP contribution is 2.28. The molecule has 2 saturated heterocycles. The summed E-state index contributed by atoms with van der Waals surface area (Å²) in [6.07, 6.45) is -0.200. The molecule has 0 bridgehead atoms. The third kappa shape index (κ3) is 6.58. The van der Waals surface area contributed by atoms with Gasteiger partial charge in [0.2, 0.25) is 0 Å². The fourth-order valence-electron chi connectivity index (χ4n) is 4.38. The van der Waals surface area contributed by atoms with Crippen LogP contribution in [0.1, 0.15) is 29.3 Å². The van der Waals surface area contributed by atoms with E-state index in [9.17, 15) is 14.4 Å². The minimum atomic E-state index is -0.545. The van der Waals surface area contributed by atoms with Gasteiger partial charge < -0.3 is 24.6 Å². The number of nitrogens with zero attached hydrogens (tertiary/aromatic N) is 3. The number of halogens is 1. The Morgan fingerprint density at radius 3 is 2.61 bits per heavy atom. The van der Waals surface area contributed by atoms with E-state index in [1.807, 2.05) is 24.8 Å². The van der Waals surface area contributed by atoms with Crippen LogP contribution < -0.4 is 15.1 Å². The van der Waals surface area contributed by atoms with Crippen LogP contribution in [0.5, 0.6) is 0 Å². The Bertz CT molecular complexity index is 1220. The predicted octanol–water partition coefficient (Wildman–Crippen LogP) is 3.29. The summed E-state index contributed by atoms with van der Waals surface area (Å²) in [5.41, 5.74) is 2.14. The molecule has 2 amide bonds. The number of hydrogen-bond acceptors (Lipinski definition) is 7. The average Bonchev–Trinajstić information content (AvgIpc) is 3.30. The van der Waals surface area contributed by atoms with Gasteiger partial charge in [0.25, 0.3) is 5.91 Å². The van der Waals surface area contributed by atoms with Crippen molar-refractivity contribution in [2.75, 3.05) is 55.7 Å². The van der Waals surface area contributed by atoms with E-state index in [1.165, 1.54) is 11.0 Å². The van der Waals surface area contributed by atoms with Crippen LogP contribution in [0.15, 0.2) is 42.5 Å². The lowest BCUT2D eigenvalue weighted by Gasteiger charge is -2.36. The molecule has 2 heterocycles. The van der Waals surface area contributed by atoms with Crippen molar-refractivity contribution in [1.82, 2.24) is 10.2 Å². The molecule has 2 aromatic carbocycles. The van der Waals surface area contributed by atoms with Gasteiger partial charge in [-0.3, -0.25) is 9.69 Å². The first kappa shape index (κ1) is 27.3. The highest BCUT2D eigenvalue weighted by atomic mass is 32.1. The molecule has 202 valence electrons. The lowest BCUT2D eigenvalue weighted by Crippen LogP contribution is -2.50. The number of piperazine rings is 1. The molecule has 2 aromatic rings. The number of thiocarbonyl (C=S) groups is 1. The quantitative estimate of drug-likeness (QED) is 0.402. The summed E-state index contributed by atoms with van der Waals surface area (Å²) in [4.78, 5) is 42.6. The van der Waals surface area contributed by atoms with Crippen molar-refractivity contribution >= 4 is 46.6 Å². The van der Waals surface area contributed by atoms with Gasteiger partial charge in [-0.1, -0.05) is 36.8 Å². The molecule has 0 unspecified atom stereocenters. The molecule has 4 rings (SSSR count). The minimum Gasteiger partial charge on any atom is -0.452 e. The summed E-state index contributed by atoms with van der Waals surface area (Å²) in [5, 5.41) is 3.06. The molecule has 0 spiro atoms. The van der Waals surface area contributed by atoms with E-state index in [-0.39, 0.29) is 18.6 Å². The van der Waals surface area contributed by atoms with Crippen LogP contribution in [0.3, 0.4) is 0 Å². The number of amides is 2. The molecular weight excluding hydrogens is 511 g/mol. The summed E-state index contributed by atoms with van der Waals surface area (Å²) in [6, 6.07) is 11.6. The smallest absolute Gasteiger partial charge is 0.414 e. The third-order valence-electron chi connectivity index (χ3n) is 6.52. The van der Waals surface area contributed by atoms with E-state index in [0.717, 1.165) is 5.56 Å². The van der Waals surface area contributed by atoms with Gasteiger partial charge in [0.15, 0.2) is 6.61 Å². The van der Waals surface area contributed by atoms with Crippen LogP contribution in [-0.2, 0) is 14.3 Å². The minimum absolute atomic E-state index is 0.294. The second-order valence-electron chi connectivity index (χ2n) is 9.22. The zero-order chi connectivity index (χ0) is 27.2. The molecule has 0 saturated carbocycles. The molecule has 38 heavy (non-hydrogen) atoms. The molecule has 2 aliphatic heterocycles. The van der Waals surface area contributed by atoms with Crippen LogP contribution in [0.2, 0.25) is 0 Å². The fourth-order valence-corrected chi connectivity index (χ4v) is 4.47. The van der Waals surface area contributed by atoms with Gasteiger partial charge in [0.1, 0.15) is 11.9 Å². The lowest BCUT2D eigenvalue weighted by molar-refractivity contribution is -0.134. The monoisotopic (exact) mass is 542 g/mol. The molecule has 9 nitrogen and oxygen atoms in total. The van der Waals surface area contributed by atoms with Crippen molar-refractivity contribution in [2.24, 2.45) is 0 Å². The maximum Gasteiger partial charge on any atom is 0.414 e. The Morgan fingerprint density at radius 2 is 1.92 bits per heavy atom. The maximum absolute atomic E-state index is 15.1.